The number of halogens is 2. The maximum Gasteiger partial charge on any atom is 0.323 e. The first-order chi connectivity index (χ1) is 24.9. The zero-order valence-corrected chi connectivity index (χ0v) is 30.5. The molecule has 1 aliphatic heterocycles. The van der Waals surface area contributed by atoms with Crippen LogP contribution in [0, 0.1) is 0 Å². The normalized spacial score (nSPS) is 16.7. The molecule has 2 aromatic heterocycles. The van der Waals surface area contributed by atoms with E-state index >= 15 is 0 Å². The molecule has 0 bridgehead atoms. The molecular weight excluding hydrogens is 707 g/mol. The molecular formula is C38H40Cl2N6O6. The van der Waals surface area contributed by atoms with Crippen molar-refractivity contribution >= 4 is 46.8 Å². The minimum absolute atomic E-state index is 0.0729. The van der Waals surface area contributed by atoms with Gasteiger partial charge in [-0.2, -0.15) is 4.98 Å². The molecule has 1 aliphatic carbocycles. The zero-order valence-electron chi connectivity index (χ0n) is 29.0. The number of anilines is 1. The van der Waals surface area contributed by atoms with Crippen LogP contribution in [0.2, 0.25) is 10.0 Å². The van der Waals surface area contributed by atoms with Crippen molar-refractivity contribution in [2.45, 2.75) is 70.3 Å². The van der Waals surface area contributed by atoms with Gasteiger partial charge in [-0.1, -0.05) is 59.6 Å². The quantitative estimate of drug-likeness (QED) is 0.102. The molecule has 2 atom stereocenters. The number of carbonyl (C=O) groups is 3. The van der Waals surface area contributed by atoms with Crippen molar-refractivity contribution in [2.24, 2.45) is 0 Å². The third kappa shape index (κ3) is 8.31. The Kier molecular flexibility index (Phi) is 11.3. The number of pyridine rings is 2. The van der Waals surface area contributed by atoms with E-state index in [9.17, 15) is 19.5 Å². The lowest BCUT2D eigenvalue weighted by Crippen LogP contribution is -2.46. The molecule has 0 saturated carbocycles. The number of hydrogen-bond donors (Lipinski definition) is 5. The van der Waals surface area contributed by atoms with Crippen molar-refractivity contribution in [1.29, 1.82) is 0 Å². The predicted molar refractivity (Wildman–Crippen MR) is 198 cm³/mol. The molecule has 2 aromatic carbocycles. The number of ether oxygens (including phenoxy) is 2. The predicted octanol–water partition coefficient (Wildman–Crippen LogP) is 6.10. The van der Waals surface area contributed by atoms with E-state index in [2.05, 4.69) is 31.2 Å². The molecule has 3 heterocycles. The van der Waals surface area contributed by atoms with Crippen LogP contribution in [0.15, 0.2) is 60.8 Å². The second-order valence-corrected chi connectivity index (χ2v) is 14.1. The number of amides is 2. The Morgan fingerprint density at radius 3 is 2.52 bits per heavy atom. The minimum Gasteiger partial charge on any atom is -0.481 e. The highest BCUT2D eigenvalue weighted by Gasteiger charge is 2.30. The Hall–Kier alpha value is -4.75. The number of carboxylic acid groups (broad SMARTS) is 1. The average molecular weight is 748 g/mol. The Morgan fingerprint density at radius 2 is 1.81 bits per heavy atom. The molecule has 5 N–H and O–H groups in total. The highest BCUT2D eigenvalue weighted by Crippen LogP contribution is 2.43. The van der Waals surface area contributed by atoms with Crippen LogP contribution in [0.3, 0.4) is 0 Å². The van der Waals surface area contributed by atoms with Crippen LogP contribution in [0.5, 0.6) is 11.8 Å². The third-order valence-electron chi connectivity index (χ3n) is 9.31. The monoisotopic (exact) mass is 746 g/mol. The number of fused-ring (bicyclic) bond motifs is 1. The minimum atomic E-state index is -1.09. The molecule has 0 spiro atoms. The van der Waals surface area contributed by atoms with Gasteiger partial charge in [0.1, 0.15) is 22.5 Å². The van der Waals surface area contributed by atoms with Gasteiger partial charge in [0, 0.05) is 49.4 Å². The van der Waals surface area contributed by atoms with E-state index < -0.39 is 17.4 Å². The first kappa shape index (κ1) is 37.0. The van der Waals surface area contributed by atoms with Gasteiger partial charge in [-0.25, -0.2) is 4.98 Å². The first-order valence-corrected chi connectivity index (χ1v) is 17.7. The van der Waals surface area contributed by atoms with Gasteiger partial charge < -0.3 is 30.5 Å². The van der Waals surface area contributed by atoms with E-state index in [0.29, 0.717) is 71.8 Å². The van der Waals surface area contributed by atoms with E-state index in [1.807, 2.05) is 24.3 Å². The molecule has 4 aromatic rings. The number of carbonyl (C=O) groups excluding carboxylic acids is 2. The van der Waals surface area contributed by atoms with Crippen LogP contribution >= 0.6 is 23.2 Å². The van der Waals surface area contributed by atoms with Gasteiger partial charge in [-0.3, -0.25) is 19.7 Å². The fourth-order valence-corrected chi connectivity index (χ4v) is 6.85. The molecule has 6 rings (SSSR count). The van der Waals surface area contributed by atoms with Crippen molar-refractivity contribution in [1.82, 2.24) is 25.9 Å². The van der Waals surface area contributed by atoms with Crippen molar-refractivity contribution in [2.75, 3.05) is 19.0 Å². The van der Waals surface area contributed by atoms with Crippen LogP contribution in [0.1, 0.15) is 71.8 Å². The number of aliphatic carboxylic acids is 1. The third-order valence-corrected chi connectivity index (χ3v) is 9.98. The van der Waals surface area contributed by atoms with E-state index in [1.54, 1.807) is 57.5 Å². The number of carboxylic acids is 1. The summed E-state index contributed by atoms with van der Waals surface area (Å²) in [5.74, 6) is -0.291. The standard InChI is InChI=1S/C38H40Cl2N6O6/c1-38(2,37(49)50)43-18-21-10-14-31(42-17-21)45-34(48)28-9-5-8-27(33(28)40)24-6-4-7-26-25(24)12-13-30(26)52-36-29(39)16-22(35(46-36)51-3)19-41-20-23-11-15-32(47)44-23/h4-10,14,16-17,23,30,41,43H,11-13,15,18-20H2,1-3H3,(H,44,47)(H,49,50)(H,42,45,48)/t23?,30-/m0/s1. The Balaban J connectivity index is 1.14. The van der Waals surface area contributed by atoms with Gasteiger partial charge in [-0.05, 0) is 73.6 Å². The lowest BCUT2D eigenvalue weighted by atomic mass is 9.95. The van der Waals surface area contributed by atoms with Crippen molar-refractivity contribution in [3.63, 3.8) is 0 Å². The summed E-state index contributed by atoms with van der Waals surface area (Å²) < 4.78 is 12.0. The Labute approximate surface area is 311 Å². The van der Waals surface area contributed by atoms with Crippen LogP contribution in [-0.2, 0) is 29.1 Å². The maximum atomic E-state index is 13.4. The molecule has 14 heteroatoms. The lowest BCUT2D eigenvalue weighted by molar-refractivity contribution is -0.143. The van der Waals surface area contributed by atoms with E-state index in [4.69, 9.17) is 32.7 Å². The summed E-state index contributed by atoms with van der Waals surface area (Å²) in [6, 6.07) is 16.6. The van der Waals surface area contributed by atoms with Gasteiger partial charge in [0.15, 0.2) is 0 Å². The van der Waals surface area contributed by atoms with Crippen LogP contribution < -0.4 is 30.7 Å². The average Bonchev–Trinajstić information content (AvgIpc) is 3.74. The van der Waals surface area contributed by atoms with E-state index in [0.717, 1.165) is 34.2 Å². The molecule has 1 unspecified atom stereocenters. The Bertz CT molecular complexity index is 1990. The highest BCUT2D eigenvalue weighted by atomic mass is 35.5. The van der Waals surface area contributed by atoms with Gasteiger partial charge in [-0.15, -0.1) is 0 Å². The Morgan fingerprint density at radius 1 is 1.02 bits per heavy atom. The van der Waals surface area contributed by atoms with Crippen LogP contribution in [0.4, 0.5) is 5.82 Å². The summed E-state index contributed by atoms with van der Waals surface area (Å²) in [4.78, 5) is 45.2. The molecule has 12 nitrogen and oxygen atoms in total. The van der Waals surface area contributed by atoms with E-state index in [1.165, 1.54) is 0 Å². The molecule has 2 aliphatic rings. The fourth-order valence-electron chi connectivity index (χ4n) is 6.32. The topological polar surface area (TPSA) is 164 Å². The summed E-state index contributed by atoms with van der Waals surface area (Å²) in [5.41, 5.74) is 4.41. The van der Waals surface area contributed by atoms with Gasteiger partial charge in [0.05, 0.1) is 17.7 Å². The number of rotatable bonds is 14. The van der Waals surface area contributed by atoms with Crippen LogP contribution in [0.25, 0.3) is 11.1 Å². The molecule has 2 amide bonds. The number of hydrogen-bond acceptors (Lipinski definition) is 9. The van der Waals surface area contributed by atoms with Gasteiger partial charge in [0.25, 0.3) is 5.91 Å². The number of benzene rings is 2. The lowest BCUT2D eigenvalue weighted by Gasteiger charge is -2.20. The number of aromatic nitrogens is 2. The SMILES string of the molecule is COc1nc(O[C@H]2CCc3c(-c4cccc(C(=O)Nc5ccc(CNC(C)(C)C(=O)O)cn5)c4Cl)cccc32)c(Cl)cc1CNCC1CCC(=O)N1. The summed E-state index contributed by atoms with van der Waals surface area (Å²) >= 11 is 13.6. The molecule has 52 heavy (non-hydrogen) atoms. The molecule has 1 fully saturated rings. The molecule has 272 valence electrons. The number of methoxy groups -OCH3 is 1. The summed E-state index contributed by atoms with van der Waals surface area (Å²) in [7, 11) is 1.55. The maximum absolute atomic E-state index is 13.4. The summed E-state index contributed by atoms with van der Waals surface area (Å²) in [5, 5.41) is 22.1. The second kappa shape index (κ2) is 15.9. The van der Waals surface area contributed by atoms with Gasteiger partial charge >= 0.3 is 5.97 Å². The van der Waals surface area contributed by atoms with Crippen molar-refractivity contribution < 1.29 is 29.0 Å². The zero-order chi connectivity index (χ0) is 37.0. The largest absolute Gasteiger partial charge is 0.481 e. The van der Waals surface area contributed by atoms with Crippen molar-refractivity contribution in [3.05, 3.63) is 98.7 Å². The molecule has 1 saturated heterocycles. The second-order valence-electron chi connectivity index (χ2n) is 13.4. The van der Waals surface area contributed by atoms with Crippen molar-refractivity contribution in [3.8, 4) is 22.9 Å². The first-order valence-electron chi connectivity index (χ1n) is 17.0. The van der Waals surface area contributed by atoms with Gasteiger partial charge in [0.2, 0.25) is 17.7 Å². The highest BCUT2D eigenvalue weighted by molar-refractivity contribution is 6.37. The summed E-state index contributed by atoms with van der Waals surface area (Å²) in [6.07, 6.45) is 4.01. The fraction of sp³-hybridized carbons (Fsp3) is 0.342. The number of nitrogens with zero attached hydrogens (tertiary/aromatic N) is 2. The number of nitrogens with one attached hydrogen (secondary N) is 4. The van der Waals surface area contributed by atoms with Crippen LogP contribution in [-0.4, -0.2) is 58.1 Å². The summed E-state index contributed by atoms with van der Waals surface area (Å²) in [6.45, 7) is 4.56. The van der Waals surface area contributed by atoms with E-state index in [-0.39, 0.29) is 23.9 Å². The smallest absolute Gasteiger partial charge is 0.323 e. The molecule has 0 radical (unpaired) electrons.